The number of aromatic nitrogens is 3. The zero-order valence-corrected chi connectivity index (χ0v) is 11.7. The molecule has 1 aromatic rings. The minimum absolute atomic E-state index is 0.615. The minimum Gasteiger partial charge on any atom is -0.242 e. The van der Waals surface area contributed by atoms with E-state index in [-0.39, 0.29) is 0 Å². The van der Waals surface area contributed by atoms with Gasteiger partial charge in [0.15, 0.2) is 5.69 Å². The third kappa shape index (κ3) is 3.05. The largest absolute Gasteiger partial charge is 0.459 e. The topological polar surface area (TPSA) is 30.7 Å². The van der Waals surface area contributed by atoms with Crippen LogP contribution in [-0.2, 0) is 9.72 Å². The van der Waals surface area contributed by atoms with Crippen LogP contribution in [0.1, 0.15) is 31.3 Å². The lowest BCUT2D eigenvalue weighted by molar-refractivity contribution is -0.291. The van der Waals surface area contributed by atoms with Crippen molar-refractivity contribution in [3.05, 3.63) is 11.4 Å². The van der Waals surface area contributed by atoms with E-state index in [9.17, 15) is 22.0 Å². The molecule has 0 saturated heterocycles. The molecule has 0 bridgehead atoms. The predicted octanol–water partition coefficient (Wildman–Crippen LogP) is 4.34. The molecule has 0 radical (unpaired) electrons. The molecule has 1 rings (SSSR count). The number of rotatable bonds is 2. The van der Waals surface area contributed by atoms with E-state index in [1.165, 1.54) is 13.8 Å². The third-order valence-corrected chi connectivity index (χ3v) is 2.64. The second-order valence-electron chi connectivity index (χ2n) is 3.89. The highest BCUT2D eigenvalue weighted by molar-refractivity contribution is 6.66. The molecule has 0 amide bonds. The molecule has 0 N–H and O–H groups in total. The first-order valence-electron chi connectivity index (χ1n) is 4.77. The van der Waals surface area contributed by atoms with Gasteiger partial charge in [0.25, 0.3) is 0 Å². The van der Waals surface area contributed by atoms with Crippen molar-refractivity contribution in [3.63, 3.8) is 0 Å². The maximum Gasteiger partial charge on any atom is 0.459 e. The molecule has 0 unspecified atom stereocenters. The van der Waals surface area contributed by atoms with Crippen molar-refractivity contribution in [2.24, 2.45) is 0 Å². The average molecular weight is 347 g/mol. The van der Waals surface area contributed by atoms with E-state index >= 15 is 0 Å². The molecule has 0 aliphatic heterocycles. The van der Waals surface area contributed by atoms with E-state index in [1.807, 2.05) is 0 Å². The molecular formula is C8H7Cl3F5N3. The second-order valence-corrected chi connectivity index (χ2v) is 6.18. The van der Waals surface area contributed by atoms with Crippen LogP contribution in [0.25, 0.3) is 0 Å². The lowest BCUT2D eigenvalue weighted by Gasteiger charge is -2.22. The van der Waals surface area contributed by atoms with Crippen molar-refractivity contribution in [1.29, 1.82) is 0 Å². The number of nitrogens with zero attached hydrogens (tertiary/aromatic N) is 3. The van der Waals surface area contributed by atoms with Crippen LogP contribution < -0.4 is 0 Å². The molecule has 19 heavy (non-hydrogen) atoms. The zero-order chi connectivity index (χ0) is 15.2. The van der Waals surface area contributed by atoms with E-state index in [2.05, 4.69) is 10.3 Å². The van der Waals surface area contributed by atoms with Crippen molar-refractivity contribution < 1.29 is 22.0 Å². The summed E-state index contributed by atoms with van der Waals surface area (Å²) in [5.41, 5.74) is -2.62. The van der Waals surface area contributed by atoms with Crippen LogP contribution in [-0.4, -0.2) is 21.2 Å². The first-order valence-corrected chi connectivity index (χ1v) is 5.91. The van der Waals surface area contributed by atoms with Crippen LogP contribution in [0.2, 0.25) is 0 Å². The van der Waals surface area contributed by atoms with Gasteiger partial charge in [-0.05, 0) is 13.8 Å². The molecule has 1 aromatic heterocycles. The molecule has 11 heteroatoms. The average Bonchev–Trinajstić information content (AvgIpc) is 2.58. The standard InChI is InChI=1S/C8H7Cl3F5N3/c1-3(2)19-5(7(9,10)11)4(17-18-19)6(12,13)8(14,15)16/h3H,1-2H3. The maximum atomic E-state index is 13.3. The van der Waals surface area contributed by atoms with E-state index in [4.69, 9.17) is 34.8 Å². The quantitative estimate of drug-likeness (QED) is 0.589. The Kier molecular flexibility index (Phi) is 4.30. The van der Waals surface area contributed by atoms with Gasteiger partial charge >= 0.3 is 12.1 Å². The molecule has 1 heterocycles. The number of hydrogen-bond acceptors (Lipinski definition) is 2. The lowest BCUT2D eigenvalue weighted by Crippen LogP contribution is -2.36. The molecule has 3 nitrogen and oxygen atoms in total. The zero-order valence-electron chi connectivity index (χ0n) is 9.44. The van der Waals surface area contributed by atoms with Crippen LogP contribution in [0.4, 0.5) is 22.0 Å². The van der Waals surface area contributed by atoms with Crippen molar-refractivity contribution >= 4 is 34.8 Å². The van der Waals surface area contributed by atoms with Gasteiger partial charge in [-0.3, -0.25) is 0 Å². The predicted molar refractivity (Wildman–Crippen MR) is 59.6 cm³/mol. The Hall–Kier alpha value is -0.340. The third-order valence-electron chi connectivity index (χ3n) is 2.11. The van der Waals surface area contributed by atoms with E-state index in [0.717, 1.165) is 0 Å². The lowest BCUT2D eigenvalue weighted by atomic mass is 10.2. The van der Waals surface area contributed by atoms with Crippen LogP contribution >= 0.6 is 34.8 Å². The SMILES string of the molecule is CC(C)n1nnc(C(F)(F)C(F)(F)F)c1C(Cl)(Cl)Cl. The fourth-order valence-electron chi connectivity index (χ4n) is 1.26. The molecule has 0 atom stereocenters. The number of hydrogen-bond donors (Lipinski definition) is 0. The Morgan fingerprint density at radius 3 is 1.84 bits per heavy atom. The monoisotopic (exact) mass is 345 g/mol. The Morgan fingerprint density at radius 1 is 1.05 bits per heavy atom. The Morgan fingerprint density at radius 2 is 1.53 bits per heavy atom. The van der Waals surface area contributed by atoms with Crippen molar-refractivity contribution in [1.82, 2.24) is 15.0 Å². The van der Waals surface area contributed by atoms with Gasteiger partial charge < -0.3 is 0 Å². The highest BCUT2D eigenvalue weighted by Gasteiger charge is 2.63. The van der Waals surface area contributed by atoms with E-state index in [1.54, 1.807) is 0 Å². The summed E-state index contributed by atoms with van der Waals surface area (Å²) in [5.74, 6) is -5.26. The highest BCUT2D eigenvalue weighted by atomic mass is 35.6. The van der Waals surface area contributed by atoms with Crippen molar-refractivity contribution in [3.8, 4) is 0 Å². The van der Waals surface area contributed by atoms with Crippen LogP contribution in [0, 0.1) is 0 Å². The summed E-state index contributed by atoms with van der Waals surface area (Å²) in [5, 5.41) is 6.03. The highest BCUT2D eigenvalue weighted by Crippen LogP contribution is 2.49. The molecule has 0 fully saturated rings. The summed E-state index contributed by atoms with van der Waals surface area (Å²) < 4.78 is 61.8. The number of alkyl halides is 8. The van der Waals surface area contributed by atoms with Gasteiger partial charge in [-0.15, -0.1) is 5.10 Å². The fourth-order valence-corrected chi connectivity index (χ4v) is 1.79. The molecule has 0 saturated carbocycles. The molecule has 0 aliphatic rings. The Labute approximate surface area is 119 Å². The van der Waals surface area contributed by atoms with Gasteiger partial charge in [0.05, 0.1) is 0 Å². The van der Waals surface area contributed by atoms with Crippen LogP contribution in [0.15, 0.2) is 0 Å². The number of halogens is 8. The van der Waals surface area contributed by atoms with Crippen molar-refractivity contribution in [2.75, 3.05) is 0 Å². The first-order chi connectivity index (χ1) is 8.30. The Balaban J connectivity index is 3.55. The van der Waals surface area contributed by atoms with Gasteiger partial charge in [0.1, 0.15) is 5.69 Å². The molecule has 0 aromatic carbocycles. The van der Waals surface area contributed by atoms with Crippen molar-refractivity contribution in [2.45, 2.75) is 35.8 Å². The Bertz CT molecular complexity index is 463. The van der Waals surface area contributed by atoms with Crippen LogP contribution in [0.3, 0.4) is 0 Å². The van der Waals surface area contributed by atoms with Gasteiger partial charge in [-0.1, -0.05) is 40.0 Å². The maximum absolute atomic E-state index is 13.3. The summed E-state index contributed by atoms with van der Waals surface area (Å²) in [6.07, 6.45) is -5.87. The summed E-state index contributed by atoms with van der Waals surface area (Å²) in [6.45, 7) is 2.92. The molecular weight excluding hydrogens is 339 g/mol. The van der Waals surface area contributed by atoms with E-state index < -0.39 is 33.3 Å². The molecule has 110 valence electrons. The first kappa shape index (κ1) is 16.7. The summed E-state index contributed by atoms with van der Waals surface area (Å²) in [7, 11) is 0. The molecule has 0 aliphatic carbocycles. The second kappa shape index (κ2) is 4.89. The smallest absolute Gasteiger partial charge is 0.242 e. The molecule has 0 spiro atoms. The van der Waals surface area contributed by atoms with E-state index in [0.29, 0.717) is 4.68 Å². The van der Waals surface area contributed by atoms with Crippen LogP contribution in [0.5, 0.6) is 0 Å². The normalized spacial score (nSPS) is 14.3. The summed E-state index contributed by atoms with van der Waals surface area (Å²) >= 11 is 16.3. The fraction of sp³-hybridized carbons (Fsp3) is 0.750. The minimum atomic E-state index is -5.87. The van der Waals surface area contributed by atoms with Gasteiger partial charge in [-0.2, -0.15) is 22.0 Å². The summed E-state index contributed by atoms with van der Waals surface area (Å²) in [6, 6.07) is -0.615. The van der Waals surface area contributed by atoms with Gasteiger partial charge in [-0.25, -0.2) is 4.68 Å². The summed E-state index contributed by atoms with van der Waals surface area (Å²) in [4.78, 5) is 0. The van der Waals surface area contributed by atoms with Gasteiger partial charge in [0.2, 0.25) is 3.79 Å². The van der Waals surface area contributed by atoms with Gasteiger partial charge in [0, 0.05) is 6.04 Å².